The Kier molecular flexibility index (Phi) is 4.70. The molecule has 1 aromatic heterocycles. The Bertz CT molecular complexity index is 942. The lowest BCUT2D eigenvalue weighted by Crippen LogP contribution is -2.35. The summed E-state index contributed by atoms with van der Waals surface area (Å²) in [4.78, 5) is 14.7. The van der Waals surface area contributed by atoms with Gasteiger partial charge >= 0.3 is 0 Å². The zero-order valence-electron chi connectivity index (χ0n) is 14.1. The Balaban J connectivity index is 1.46. The van der Waals surface area contributed by atoms with Crippen molar-refractivity contribution in [3.05, 3.63) is 59.1 Å². The van der Waals surface area contributed by atoms with Gasteiger partial charge in [-0.25, -0.2) is 0 Å². The molecule has 2 aromatic carbocycles. The van der Waals surface area contributed by atoms with E-state index in [1.807, 2.05) is 42.2 Å². The van der Waals surface area contributed by atoms with E-state index < -0.39 is 0 Å². The number of halogens is 1. The van der Waals surface area contributed by atoms with Crippen molar-refractivity contribution in [2.75, 3.05) is 11.4 Å². The lowest BCUT2D eigenvalue weighted by molar-refractivity contribution is -0.117. The van der Waals surface area contributed by atoms with Crippen molar-refractivity contribution in [2.24, 2.45) is 0 Å². The first-order chi connectivity index (χ1) is 12.6. The highest BCUT2D eigenvalue weighted by Gasteiger charge is 2.29. The standard InChI is InChI=1S/C19H16ClN3O2S/c1-12(18(24)23-11-10-13-4-2-3-5-16(13)23)26-19-22-21-17(25-19)14-6-8-15(20)9-7-14/h2-9,12H,10-11H2,1H3/t12-/m0/s1. The molecule has 1 aliphatic rings. The predicted octanol–water partition coefficient (Wildman–Crippen LogP) is 4.46. The molecule has 4 rings (SSSR count). The highest BCUT2D eigenvalue weighted by molar-refractivity contribution is 8.00. The van der Waals surface area contributed by atoms with Gasteiger partial charge in [0.25, 0.3) is 5.22 Å². The van der Waals surface area contributed by atoms with Crippen LogP contribution in [0.5, 0.6) is 0 Å². The first-order valence-corrected chi connectivity index (χ1v) is 9.53. The number of amides is 1. The van der Waals surface area contributed by atoms with Crippen LogP contribution >= 0.6 is 23.4 Å². The van der Waals surface area contributed by atoms with Crippen LogP contribution in [0.1, 0.15) is 12.5 Å². The second-order valence-corrected chi connectivity index (χ2v) is 7.74. The molecule has 0 radical (unpaired) electrons. The third kappa shape index (κ3) is 3.34. The van der Waals surface area contributed by atoms with Crippen LogP contribution in [-0.2, 0) is 11.2 Å². The number of fused-ring (bicyclic) bond motifs is 1. The molecule has 7 heteroatoms. The van der Waals surface area contributed by atoms with E-state index in [2.05, 4.69) is 16.3 Å². The van der Waals surface area contributed by atoms with Crippen LogP contribution in [0.15, 0.2) is 58.2 Å². The van der Waals surface area contributed by atoms with Gasteiger partial charge in [0.1, 0.15) is 0 Å². The Hall–Kier alpha value is -2.31. The van der Waals surface area contributed by atoms with Crippen molar-refractivity contribution in [1.29, 1.82) is 0 Å². The second kappa shape index (κ2) is 7.13. The summed E-state index contributed by atoms with van der Waals surface area (Å²) in [5, 5.41) is 8.81. The number of rotatable bonds is 4. The average Bonchev–Trinajstić information content (AvgIpc) is 3.29. The number of para-hydroxylation sites is 1. The fourth-order valence-electron chi connectivity index (χ4n) is 2.95. The number of aromatic nitrogens is 2. The molecule has 0 saturated heterocycles. The van der Waals surface area contributed by atoms with Crippen LogP contribution in [0, 0.1) is 0 Å². The maximum absolute atomic E-state index is 12.8. The van der Waals surface area contributed by atoms with E-state index in [4.69, 9.17) is 16.0 Å². The summed E-state index contributed by atoms with van der Waals surface area (Å²) >= 11 is 7.17. The van der Waals surface area contributed by atoms with Crippen LogP contribution in [-0.4, -0.2) is 27.9 Å². The van der Waals surface area contributed by atoms with Gasteiger partial charge in [0, 0.05) is 22.8 Å². The molecule has 26 heavy (non-hydrogen) atoms. The Morgan fingerprint density at radius 2 is 1.96 bits per heavy atom. The number of thioether (sulfide) groups is 1. The van der Waals surface area contributed by atoms with Crippen molar-refractivity contribution in [3.8, 4) is 11.5 Å². The Morgan fingerprint density at radius 3 is 2.77 bits per heavy atom. The topological polar surface area (TPSA) is 59.2 Å². The molecule has 1 amide bonds. The van der Waals surface area contributed by atoms with Gasteiger partial charge in [0.15, 0.2) is 0 Å². The summed E-state index contributed by atoms with van der Waals surface area (Å²) in [5.74, 6) is 0.460. The molecule has 0 bridgehead atoms. The number of hydrogen-bond acceptors (Lipinski definition) is 5. The first kappa shape index (κ1) is 17.1. The van der Waals surface area contributed by atoms with Gasteiger partial charge in [-0.05, 0) is 49.2 Å². The smallest absolute Gasteiger partial charge is 0.277 e. The van der Waals surface area contributed by atoms with Gasteiger partial charge in [-0.3, -0.25) is 4.79 Å². The van der Waals surface area contributed by atoms with Crippen LogP contribution in [0.4, 0.5) is 5.69 Å². The molecular weight excluding hydrogens is 370 g/mol. The molecule has 0 fully saturated rings. The zero-order chi connectivity index (χ0) is 18.1. The van der Waals surface area contributed by atoms with Crippen molar-refractivity contribution < 1.29 is 9.21 Å². The SMILES string of the molecule is C[C@H](Sc1nnc(-c2ccc(Cl)cc2)o1)C(=O)N1CCc2ccccc21. The highest BCUT2D eigenvalue weighted by Crippen LogP contribution is 2.32. The molecule has 1 atom stereocenters. The molecule has 2 heterocycles. The number of nitrogens with zero attached hydrogens (tertiary/aromatic N) is 3. The van der Waals surface area contributed by atoms with Crippen LogP contribution < -0.4 is 4.90 Å². The van der Waals surface area contributed by atoms with Gasteiger partial charge < -0.3 is 9.32 Å². The molecule has 0 unspecified atom stereocenters. The number of anilines is 1. The minimum atomic E-state index is -0.320. The maximum Gasteiger partial charge on any atom is 0.277 e. The van der Waals surface area contributed by atoms with Gasteiger partial charge in [-0.2, -0.15) is 0 Å². The number of hydrogen-bond donors (Lipinski definition) is 0. The molecule has 0 N–H and O–H groups in total. The molecule has 1 aliphatic heterocycles. The minimum absolute atomic E-state index is 0.0474. The summed E-state index contributed by atoms with van der Waals surface area (Å²) in [5.41, 5.74) is 3.00. The normalized spacial score (nSPS) is 14.3. The lowest BCUT2D eigenvalue weighted by Gasteiger charge is -2.20. The first-order valence-electron chi connectivity index (χ1n) is 8.27. The van der Waals surface area contributed by atoms with Crippen LogP contribution in [0.2, 0.25) is 5.02 Å². The van der Waals surface area contributed by atoms with E-state index in [1.165, 1.54) is 17.3 Å². The molecular formula is C19H16ClN3O2S. The van der Waals surface area contributed by atoms with E-state index in [1.54, 1.807) is 12.1 Å². The number of carbonyl (C=O) groups excluding carboxylic acids is 1. The average molecular weight is 386 g/mol. The van der Waals surface area contributed by atoms with Crippen molar-refractivity contribution >= 4 is 35.0 Å². The lowest BCUT2D eigenvalue weighted by atomic mass is 10.2. The monoisotopic (exact) mass is 385 g/mol. The Morgan fingerprint density at radius 1 is 1.19 bits per heavy atom. The third-order valence-corrected chi connectivity index (χ3v) is 5.45. The molecule has 0 aliphatic carbocycles. The number of benzene rings is 2. The van der Waals surface area contributed by atoms with Gasteiger partial charge in [-0.1, -0.05) is 41.6 Å². The van der Waals surface area contributed by atoms with Gasteiger partial charge in [0.2, 0.25) is 11.8 Å². The summed E-state index contributed by atoms with van der Waals surface area (Å²) in [6.07, 6.45) is 0.889. The molecule has 0 saturated carbocycles. The van der Waals surface area contributed by atoms with Crippen molar-refractivity contribution in [1.82, 2.24) is 10.2 Å². The van der Waals surface area contributed by atoms with Gasteiger partial charge in [0.05, 0.1) is 5.25 Å². The fraction of sp³-hybridized carbons (Fsp3) is 0.211. The van der Waals surface area contributed by atoms with Gasteiger partial charge in [-0.15, -0.1) is 10.2 Å². The van der Waals surface area contributed by atoms with Crippen molar-refractivity contribution in [2.45, 2.75) is 23.8 Å². The number of carbonyl (C=O) groups is 1. The fourth-order valence-corrected chi connectivity index (χ4v) is 3.83. The molecule has 5 nitrogen and oxygen atoms in total. The van der Waals surface area contributed by atoms with E-state index in [9.17, 15) is 4.79 Å². The van der Waals surface area contributed by atoms with Crippen LogP contribution in [0.3, 0.4) is 0 Å². The quantitative estimate of drug-likeness (QED) is 0.620. The summed E-state index contributed by atoms with van der Waals surface area (Å²) < 4.78 is 5.69. The summed E-state index contributed by atoms with van der Waals surface area (Å²) in [7, 11) is 0. The second-order valence-electron chi connectivity index (χ2n) is 6.01. The molecule has 3 aromatic rings. The minimum Gasteiger partial charge on any atom is -0.411 e. The van der Waals surface area contributed by atoms with Crippen molar-refractivity contribution in [3.63, 3.8) is 0 Å². The largest absolute Gasteiger partial charge is 0.411 e. The third-order valence-electron chi connectivity index (χ3n) is 4.28. The maximum atomic E-state index is 12.8. The van der Waals surface area contributed by atoms with E-state index in [0.29, 0.717) is 22.7 Å². The summed E-state index contributed by atoms with van der Waals surface area (Å²) in [6, 6.07) is 15.2. The molecule has 132 valence electrons. The van der Waals surface area contributed by atoms with E-state index in [0.717, 1.165) is 17.7 Å². The van der Waals surface area contributed by atoms with E-state index in [-0.39, 0.29) is 11.2 Å². The van der Waals surface area contributed by atoms with Crippen LogP contribution in [0.25, 0.3) is 11.5 Å². The predicted molar refractivity (Wildman–Crippen MR) is 103 cm³/mol. The zero-order valence-corrected chi connectivity index (χ0v) is 15.6. The summed E-state index contributed by atoms with van der Waals surface area (Å²) in [6.45, 7) is 2.57. The van der Waals surface area contributed by atoms with E-state index >= 15 is 0 Å². The molecule has 0 spiro atoms. The Labute approximate surface area is 160 Å². The highest BCUT2D eigenvalue weighted by atomic mass is 35.5.